The van der Waals surface area contributed by atoms with Crippen LogP contribution in [0.2, 0.25) is 0 Å². The number of pyridine rings is 1. The Bertz CT molecular complexity index is 547. The van der Waals surface area contributed by atoms with Crippen molar-refractivity contribution in [3.05, 3.63) is 24.0 Å². The first kappa shape index (κ1) is 11.5. The average molecular weight is 245 g/mol. The van der Waals surface area contributed by atoms with Crippen molar-refractivity contribution in [1.29, 1.82) is 0 Å². The number of aromatic nitrogens is 3. The fraction of sp³-hybridized carbons (Fsp3) is 0.538. The highest BCUT2D eigenvalue weighted by Gasteiger charge is 2.23. The maximum Gasteiger partial charge on any atom is 0.157 e. The van der Waals surface area contributed by atoms with Gasteiger partial charge in [0.15, 0.2) is 5.65 Å². The number of hydrogen-bond acceptors (Lipinski definition) is 4. The molecule has 1 aliphatic heterocycles. The molecule has 2 aromatic heterocycles. The zero-order valence-corrected chi connectivity index (χ0v) is 10.7. The van der Waals surface area contributed by atoms with Gasteiger partial charge in [-0.25, -0.2) is 4.98 Å². The Morgan fingerprint density at radius 2 is 2.28 bits per heavy atom. The molecule has 1 aliphatic rings. The lowest BCUT2D eigenvalue weighted by Crippen LogP contribution is -2.45. The van der Waals surface area contributed by atoms with Crippen LogP contribution in [0.25, 0.3) is 5.65 Å². The molecule has 1 fully saturated rings. The molecule has 0 spiro atoms. The van der Waals surface area contributed by atoms with Crippen LogP contribution in [0.4, 0.5) is 5.82 Å². The minimum absolute atomic E-state index is 0.424. The van der Waals surface area contributed by atoms with Crippen molar-refractivity contribution in [1.82, 2.24) is 14.6 Å². The number of rotatable bonds is 2. The largest absolute Gasteiger partial charge is 0.352 e. The summed E-state index contributed by atoms with van der Waals surface area (Å²) in [5.74, 6) is 1.12. The van der Waals surface area contributed by atoms with Crippen molar-refractivity contribution in [2.24, 2.45) is 5.73 Å². The third kappa shape index (κ3) is 1.84. The van der Waals surface area contributed by atoms with E-state index < -0.39 is 0 Å². The number of nitrogens with zero attached hydrogens (tertiary/aromatic N) is 4. The van der Waals surface area contributed by atoms with Crippen LogP contribution in [0.5, 0.6) is 0 Å². The summed E-state index contributed by atoms with van der Waals surface area (Å²) in [4.78, 5) is 6.67. The number of fused-ring (bicyclic) bond motifs is 1. The Kier molecular flexibility index (Phi) is 2.91. The van der Waals surface area contributed by atoms with Gasteiger partial charge in [-0.2, -0.15) is 9.61 Å². The molecule has 0 aromatic carbocycles. The zero-order valence-electron chi connectivity index (χ0n) is 10.7. The summed E-state index contributed by atoms with van der Waals surface area (Å²) < 4.78 is 1.92. The van der Waals surface area contributed by atoms with Gasteiger partial charge in [0.2, 0.25) is 0 Å². The first-order chi connectivity index (χ1) is 8.79. The van der Waals surface area contributed by atoms with Gasteiger partial charge in [-0.1, -0.05) is 0 Å². The van der Waals surface area contributed by atoms with Crippen molar-refractivity contribution in [3.63, 3.8) is 0 Å². The molecule has 2 N–H and O–H groups in total. The smallest absolute Gasteiger partial charge is 0.157 e. The summed E-state index contributed by atoms with van der Waals surface area (Å²) in [5, 5.41) is 4.33. The van der Waals surface area contributed by atoms with Crippen LogP contribution >= 0.6 is 0 Å². The van der Waals surface area contributed by atoms with E-state index in [0.29, 0.717) is 12.6 Å². The molecule has 1 saturated heterocycles. The molecule has 5 nitrogen and oxygen atoms in total. The zero-order chi connectivity index (χ0) is 12.5. The lowest BCUT2D eigenvalue weighted by molar-refractivity contribution is 0.459. The first-order valence-corrected chi connectivity index (χ1v) is 6.56. The monoisotopic (exact) mass is 245 g/mol. The standard InChI is InChI=1S/C13H19N5/c1-10-6-12-15-9-16-18(12)13(7-10)17-5-3-2-4-11(17)8-14/h6-7,9,11H,2-5,8,14H2,1H3. The summed E-state index contributed by atoms with van der Waals surface area (Å²) in [7, 11) is 0. The molecular weight excluding hydrogens is 226 g/mol. The highest BCUT2D eigenvalue weighted by molar-refractivity contribution is 5.53. The van der Waals surface area contributed by atoms with Gasteiger partial charge >= 0.3 is 0 Å². The number of anilines is 1. The number of hydrogen-bond donors (Lipinski definition) is 1. The second-order valence-corrected chi connectivity index (χ2v) is 5.00. The van der Waals surface area contributed by atoms with Gasteiger partial charge in [-0.3, -0.25) is 0 Å². The normalized spacial score (nSPS) is 20.6. The minimum atomic E-state index is 0.424. The minimum Gasteiger partial charge on any atom is -0.352 e. The number of nitrogens with two attached hydrogens (primary N) is 1. The van der Waals surface area contributed by atoms with E-state index in [1.165, 1.54) is 24.8 Å². The van der Waals surface area contributed by atoms with Crippen LogP contribution in [0, 0.1) is 6.92 Å². The van der Waals surface area contributed by atoms with Crippen molar-refractivity contribution in [3.8, 4) is 0 Å². The topological polar surface area (TPSA) is 59.5 Å². The molecule has 0 amide bonds. The van der Waals surface area contributed by atoms with Crippen molar-refractivity contribution in [2.45, 2.75) is 32.2 Å². The fourth-order valence-corrected chi connectivity index (χ4v) is 2.79. The lowest BCUT2D eigenvalue weighted by Gasteiger charge is -2.36. The molecule has 1 atom stereocenters. The SMILES string of the molecule is Cc1cc(N2CCCCC2CN)n2ncnc2c1. The molecule has 0 saturated carbocycles. The van der Waals surface area contributed by atoms with Gasteiger partial charge in [0.1, 0.15) is 12.1 Å². The summed E-state index contributed by atoms with van der Waals surface area (Å²) >= 11 is 0. The Hall–Kier alpha value is -1.62. The van der Waals surface area contributed by atoms with E-state index in [-0.39, 0.29) is 0 Å². The molecular formula is C13H19N5. The van der Waals surface area contributed by atoms with E-state index in [0.717, 1.165) is 18.0 Å². The predicted octanol–water partition coefficient (Wildman–Crippen LogP) is 1.36. The van der Waals surface area contributed by atoms with E-state index in [1.807, 2.05) is 4.52 Å². The fourth-order valence-electron chi connectivity index (χ4n) is 2.79. The third-order valence-corrected chi connectivity index (χ3v) is 3.70. The molecule has 0 bridgehead atoms. The average Bonchev–Trinajstić information content (AvgIpc) is 2.85. The highest BCUT2D eigenvalue weighted by Crippen LogP contribution is 2.25. The molecule has 96 valence electrons. The second kappa shape index (κ2) is 4.57. The molecule has 1 unspecified atom stereocenters. The molecule has 5 heteroatoms. The predicted molar refractivity (Wildman–Crippen MR) is 71.8 cm³/mol. The van der Waals surface area contributed by atoms with Crippen molar-refractivity contribution in [2.75, 3.05) is 18.0 Å². The van der Waals surface area contributed by atoms with Crippen LogP contribution in [-0.2, 0) is 0 Å². The van der Waals surface area contributed by atoms with Gasteiger partial charge in [0, 0.05) is 19.1 Å². The van der Waals surface area contributed by atoms with Gasteiger partial charge in [-0.15, -0.1) is 0 Å². The summed E-state index contributed by atoms with van der Waals surface area (Å²) in [6.07, 6.45) is 5.27. The Morgan fingerprint density at radius 3 is 3.11 bits per heavy atom. The van der Waals surface area contributed by atoms with E-state index in [2.05, 4.69) is 34.0 Å². The molecule has 3 heterocycles. The van der Waals surface area contributed by atoms with E-state index in [1.54, 1.807) is 6.33 Å². The summed E-state index contributed by atoms with van der Waals surface area (Å²) in [6, 6.07) is 4.65. The van der Waals surface area contributed by atoms with Gasteiger partial charge < -0.3 is 10.6 Å². The highest BCUT2D eigenvalue weighted by atomic mass is 15.4. The number of piperidine rings is 1. The van der Waals surface area contributed by atoms with Crippen molar-refractivity contribution < 1.29 is 0 Å². The van der Waals surface area contributed by atoms with E-state index >= 15 is 0 Å². The first-order valence-electron chi connectivity index (χ1n) is 6.56. The van der Waals surface area contributed by atoms with Crippen LogP contribution in [-0.4, -0.2) is 33.7 Å². The van der Waals surface area contributed by atoms with Crippen LogP contribution in [0.15, 0.2) is 18.5 Å². The van der Waals surface area contributed by atoms with Crippen molar-refractivity contribution >= 4 is 11.5 Å². The second-order valence-electron chi connectivity index (χ2n) is 5.00. The molecule has 2 aromatic rings. The van der Waals surface area contributed by atoms with E-state index in [9.17, 15) is 0 Å². The Labute approximate surface area is 107 Å². The van der Waals surface area contributed by atoms with Crippen LogP contribution in [0.1, 0.15) is 24.8 Å². The van der Waals surface area contributed by atoms with Gasteiger partial charge in [0.25, 0.3) is 0 Å². The molecule has 3 rings (SSSR count). The number of aryl methyl sites for hydroxylation is 1. The van der Waals surface area contributed by atoms with Gasteiger partial charge in [-0.05, 0) is 43.9 Å². The lowest BCUT2D eigenvalue weighted by atomic mass is 10.0. The Balaban J connectivity index is 2.08. The quantitative estimate of drug-likeness (QED) is 0.867. The molecule has 18 heavy (non-hydrogen) atoms. The molecule has 0 aliphatic carbocycles. The van der Waals surface area contributed by atoms with Crippen LogP contribution in [0.3, 0.4) is 0 Å². The van der Waals surface area contributed by atoms with E-state index in [4.69, 9.17) is 5.73 Å². The summed E-state index contributed by atoms with van der Waals surface area (Å²) in [5.41, 5.74) is 8.02. The van der Waals surface area contributed by atoms with Gasteiger partial charge in [0.05, 0.1) is 0 Å². The third-order valence-electron chi connectivity index (χ3n) is 3.70. The Morgan fingerprint density at radius 1 is 1.39 bits per heavy atom. The summed E-state index contributed by atoms with van der Waals surface area (Å²) in [6.45, 7) is 3.85. The molecule has 0 radical (unpaired) electrons. The maximum atomic E-state index is 5.90. The van der Waals surface area contributed by atoms with Crippen LogP contribution < -0.4 is 10.6 Å². The maximum absolute atomic E-state index is 5.90.